The lowest BCUT2D eigenvalue weighted by Gasteiger charge is -2.08. The number of aryl methyl sites for hydroxylation is 2. The van der Waals surface area contributed by atoms with Gasteiger partial charge in [-0.25, -0.2) is 9.97 Å². The van der Waals surface area contributed by atoms with Crippen molar-refractivity contribution in [2.75, 3.05) is 11.9 Å². The van der Waals surface area contributed by atoms with Crippen LogP contribution in [0.15, 0.2) is 4.52 Å². The van der Waals surface area contributed by atoms with Crippen LogP contribution in [0.25, 0.3) is 10.2 Å². The number of anilines is 1. The fourth-order valence-corrected chi connectivity index (χ4v) is 3.45. The first kappa shape index (κ1) is 16.8. The Morgan fingerprint density at radius 1 is 1.17 bits per heavy atom. The number of rotatable bonds is 6. The van der Waals surface area contributed by atoms with Crippen LogP contribution in [0.3, 0.4) is 0 Å². The molecule has 7 nitrogen and oxygen atoms in total. The molecule has 0 aliphatic carbocycles. The normalized spacial score (nSPS) is 11.6. The third-order valence-corrected chi connectivity index (χ3v) is 4.94. The maximum Gasteiger partial charge on any atom is 0.229 e. The number of aromatic nitrogens is 4. The highest BCUT2D eigenvalue weighted by molar-refractivity contribution is 7.18. The van der Waals surface area contributed by atoms with Gasteiger partial charge in [-0.2, -0.15) is 4.98 Å². The van der Waals surface area contributed by atoms with Crippen LogP contribution in [-0.4, -0.2) is 26.7 Å². The summed E-state index contributed by atoms with van der Waals surface area (Å²) in [6.07, 6.45) is 0.653. The number of nitrogens with one attached hydrogen (secondary N) is 1. The number of hydrogen-bond acceptors (Lipinski definition) is 8. The van der Waals surface area contributed by atoms with Gasteiger partial charge in [0.05, 0.1) is 11.9 Å². The molecule has 24 heavy (non-hydrogen) atoms. The Labute approximate surface area is 144 Å². The zero-order valence-electron chi connectivity index (χ0n) is 14.4. The van der Waals surface area contributed by atoms with E-state index in [2.05, 4.69) is 39.3 Å². The largest absolute Gasteiger partial charge is 0.362 e. The summed E-state index contributed by atoms with van der Waals surface area (Å²) >= 11 is 1.68. The van der Waals surface area contributed by atoms with Crippen molar-refractivity contribution in [3.05, 3.63) is 28.0 Å². The van der Waals surface area contributed by atoms with Gasteiger partial charge in [0.1, 0.15) is 16.5 Å². The average molecular weight is 346 g/mol. The molecule has 0 unspecified atom stereocenters. The number of nitrogens with zero attached hydrogens (tertiary/aromatic N) is 4. The molecular weight excluding hydrogens is 324 g/mol. The van der Waals surface area contributed by atoms with E-state index in [0.29, 0.717) is 31.2 Å². The van der Waals surface area contributed by atoms with Crippen molar-refractivity contribution in [3.8, 4) is 0 Å². The first-order valence-electron chi connectivity index (χ1n) is 8.02. The third-order valence-electron chi connectivity index (χ3n) is 3.83. The number of thiophene rings is 1. The van der Waals surface area contributed by atoms with E-state index in [1.807, 2.05) is 13.8 Å². The maximum absolute atomic E-state index is 5.66. The third kappa shape index (κ3) is 3.25. The molecule has 0 radical (unpaired) electrons. The summed E-state index contributed by atoms with van der Waals surface area (Å²) < 4.78 is 5.24. The molecule has 0 saturated carbocycles. The van der Waals surface area contributed by atoms with Gasteiger partial charge in [0.2, 0.25) is 5.89 Å². The van der Waals surface area contributed by atoms with E-state index >= 15 is 0 Å². The predicted octanol–water partition coefficient (Wildman–Crippen LogP) is 2.93. The van der Waals surface area contributed by atoms with Gasteiger partial charge < -0.3 is 15.6 Å². The molecule has 0 spiro atoms. The Kier molecular flexibility index (Phi) is 4.77. The summed E-state index contributed by atoms with van der Waals surface area (Å²) in [6.45, 7) is 9.22. The maximum atomic E-state index is 5.66. The van der Waals surface area contributed by atoms with Crippen molar-refractivity contribution < 1.29 is 4.52 Å². The average Bonchev–Trinajstić information content (AvgIpc) is 3.11. The number of hydrogen-bond donors (Lipinski definition) is 2. The minimum atomic E-state index is 0.218. The van der Waals surface area contributed by atoms with Crippen LogP contribution < -0.4 is 11.1 Å². The van der Waals surface area contributed by atoms with Gasteiger partial charge in [-0.05, 0) is 26.0 Å². The van der Waals surface area contributed by atoms with Crippen molar-refractivity contribution in [1.82, 2.24) is 20.1 Å². The Balaban J connectivity index is 1.91. The van der Waals surface area contributed by atoms with E-state index in [1.54, 1.807) is 11.3 Å². The molecule has 3 aromatic rings. The fraction of sp³-hybridized carbons (Fsp3) is 0.500. The Morgan fingerprint density at radius 3 is 2.62 bits per heavy atom. The first-order valence-corrected chi connectivity index (χ1v) is 8.84. The van der Waals surface area contributed by atoms with E-state index in [4.69, 9.17) is 10.3 Å². The van der Waals surface area contributed by atoms with Crippen LogP contribution in [0.2, 0.25) is 0 Å². The van der Waals surface area contributed by atoms with Crippen molar-refractivity contribution in [3.63, 3.8) is 0 Å². The second kappa shape index (κ2) is 6.82. The van der Waals surface area contributed by atoms with Gasteiger partial charge in [0.15, 0.2) is 5.82 Å². The zero-order chi connectivity index (χ0) is 17.3. The molecule has 3 rings (SSSR count). The molecule has 0 saturated heterocycles. The highest BCUT2D eigenvalue weighted by atomic mass is 32.1. The summed E-state index contributed by atoms with van der Waals surface area (Å²) in [4.78, 5) is 15.9. The first-order chi connectivity index (χ1) is 11.5. The SMILES string of the molecule is Cc1sc2nc(CCN)nc(NCc3noc(C(C)C)n3)c2c1C. The second-order valence-electron chi connectivity index (χ2n) is 6.05. The van der Waals surface area contributed by atoms with Crippen LogP contribution in [0, 0.1) is 13.8 Å². The highest BCUT2D eigenvalue weighted by Crippen LogP contribution is 2.33. The summed E-state index contributed by atoms with van der Waals surface area (Å²) in [5, 5.41) is 8.41. The second-order valence-corrected chi connectivity index (χ2v) is 7.25. The topological polar surface area (TPSA) is 103 Å². The molecular formula is C16H22N6OS. The van der Waals surface area contributed by atoms with Gasteiger partial charge in [0, 0.05) is 17.2 Å². The van der Waals surface area contributed by atoms with E-state index < -0.39 is 0 Å². The van der Waals surface area contributed by atoms with E-state index in [-0.39, 0.29) is 5.92 Å². The standard InChI is InChI=1S/C16H22N6OS/c1-8(2)15-20-12(22-23-15)7-18-14-13-9(3)10(4)24-16(13)21-11(19-14)5-6-17/h8H,5-7,17H2,1-4H3,(H,18,19,21). The molecule has 128 valence electrons. The van der Waals surface area contributed by atoms with Gasteiger partial charge in [-0.1, -0.05) is 19.0 Å². The monoisotopic (exact) mass is 346 g/mol. The van der Waals surface area contributed by atoms with E-state index in [0.717, 1.165) is 21.9 Å². The van der Waals surface area contributed by atoms with Crippen molar-refractivity contribution in [2.45, 2.75) is 46.6 Å². The number of fused-ring (bicyclic) bond motifs is 1. The summed E-state index contributed by atoms with van der Waals surface area (Å²) in [5.74, 6) is 3.04. The molecule has 3 N–H and O–H groups in total. The van der Waals surface area contributed by atoms with Crippen LogP contribution in [0.1, 0.15) is 47.7 Å². The molecule has 0 amide bonds. The van der Waals surface area contributed by atoms with Crippen LogP contribution in [0.5, 0.6) is 0 Å². The molecule has 0 aromatic carbocycles. The molecule has 8 heteroatoms. The Morgan fingerprint density at radius 2 is 1.96 bits per heavy atom. The minimum absolute atomic E-state index is 0.218. The molecule has 0 bridgehead atoms. The lowest BCUT2D eigenvalue weighted by molar-refractivity contribution is 0.361. The summed E-state index contributed by atoms with van der Waals surface area (Å²) in [7, 11) is 0. The Hall–Kier alpha value is -2.06. The molecule has 0 aliphatic heterocycles. The van der Waals surface area contributed by atoms with Gasteiger partial charge >= 0.3 is 0 Å². The quantitative estimate of drug-likeness (QED) is 0.707. The highest BCUT2D eigenvalue weighted by Gasteiger charge is 2.15. The van der Waals surface area contributed by atoms with Crippen LogP contribution in [-0.2, 0) is 13.0 Å². The lowest BCUT2D eigenvalue weighted by Crippen LogP contribution is -2.10. The van der Waals surface area contributed by atoms with Gasteiger partial charge in [-0.15, -0.1) is 11.3 Å². The molecule has 0 aliphatic rings. The van der Waals surface area contributed by atoms with Crippen LogP contribution in [0.4, 0.5) is 5.82 Å². The fourth-order valence-electron chi connectivity index (χ4n) is 2.40. The Bertz CT molecular complexity index is 854. The molecule has 0 atom stereocenters. The molecule has 3 heterocycles. The van der Waals surface area contributed by atoms with Crippen molar-refractivity contribution >= 4 is 27.4 Å². The predicted molar refractivity (Wildman–Crippen MR) is 95.4 cm³/mol. The lowest BCUT2D eigenvalue weighted by atomic mass is 10.2. The summed E-state index contributed by atoms with van der Waals surface area (Å²) in [5.41, 5.74) is 6.86. The van der Waals surface area contributed by atoms with Gasteiger partial charge in [0.25, 0.3) is 0 Å². The van der Waals surface area contributed by atoms with Gasteiger partial charge in [-0.3, -0.25) is 0 Å². The van der Waals surface area contributed by atoms with Crippen LogP contribution >= 0.6 is 11.3 Å². The van der Waals surface area contributed by atoms with E-state index in [9.17, 15) is 0 Å². The van der Waals surface area contributed by atoms with E-state index in [1.165, 1.54) is 10.4 Å². The number of nitrogens with two attached hydrogens (primary N) is 1. The van der Waals surface area contributed by atoms with Crippen molar-refractivity contribution in [2.24, 2.45) is 5.73 Å². The zero-order valence-corrected chi connectivity index (χ0v) is 15.2. The van der Waals surface area contributed by atoms with Crippen molar-refractivity contribution in [1.29, 1.82) is 0 Å². The molecule has 0 fully saturated rings. The minimum Gasteiger partial charge on any atom is -0.362 e. The molecule has 3 aromatic heterocycles. The summed E-state index contributed by atoms with van der Waals surface area (Å²) in [6, 6.07) is 0. The smallest absolute Gasteiger partial charge is 0.229 e.